The summed E-state index contributed by atoms with van der Waals surface area (Å²) in [5.74, 6) is 0.0842. The number of hydrogen-bond acceptors (Lipinski definition) is 2. The molecular weight excluding hydrogens is 348 g/mol. The Bertz CT molecular complexity index is 771. The number of carbonyl (C=O) groups excluding carboxylic acids is 2. The van der Waals surface area contributed by atoms with Crippen molar-refractivity contribution in [3.05, 3.63) is 65.2 Å². The fraction of sp³-hybridized carbons (Fsp3) is 0.333. The van der Waals surface area contributed by atoms with Gasteiger partial charge in [0, 0.05) is 41.8 Å². The van der Waals surface area contributed by atoms with Crippen molar-refractivity contribution in [3.8, 4) is 0 Å². The van der Waals surface area contributed by atoms with Gasteiger partial charge in [0.05, 0.1) is 0 Å². The lowest BCUT2D eigenvalue weighted by atomic mass is 9.94. The van der Waals surface area contributed by atoms with Gasteiger partial charge < -0.3 is 9.80 Å². The Labute approximate surface area is 159 Å². The molecule has 2 aromatic carbocycles. The maximum atomic E-state index is 12.9. The SMILES string of the molecule is CCN(C(=O)C1CCN(C(=O)c2cccc(Cl)c2)CC1)c1ccccc1. The first-order valence-electron chi connectivity index (χ1n) is 9.01. The highest BCUT2D eigenvalue weighted by molar-refractivity contribution is 6.30. The second-order valence-corrected chi connectivity index (χ2v) is 6.93. The van der Waals surface area contributed by atoms with Gasteiger partial charge in [0.15, 0.2) is 0 Å². The summed E-state index contributed by atoms with van der Waals surface area (Å²) in [6, 6.07) is 16.8. The molecule has 0 atom stereocenters. The topological polar surface area (TPSA) is 40.6 Å². The normalized spacial score (nSPS) is 14.9. The number of likely N-dealkylation sites (tertiary alicyclic amines) is 1. The molecule has 0 saturated carbocycles. The van der Waals surface area contributed by atoms with E-state index in [2.05, 4.69) is 0 Å². The van der Waals surface area contributed by atoms with Gasteiger partial charge in [-0.2, -0.15) is 0 Å². The molecule has 0 N–H and O–H groups in total. The molecule has 0 aromatic heterocycles. The molecule has 0 radical (unpaired) electrons. The van der Waals surface area contributed by atoms with Crippen LogP contribution in [0.25, 0.3) is 0 Å². The number of nitrogens with zero attached hydrogens (tertiary/aromatic N) is 2. The highest BCUT2D eigenvalue weighted by atomic mass is 35.5. The van der Waals surface area contributed by atoms with Gasteiger partial charge in [-0.25, -0.2) is 0 Å². The van der Waals surface area contributed by atoms with Crippen LogP contribution in [0, 0.1) is 5.92 Å². The number of amides is 2. The molecule has 5 heteroatoms. The lowest BCUT2D eigenvalue weighted by Crippen LogP contribution is -2.44. The van der Waals surface area contributed by atoms with Crippen LogP contribution in [0.15, 0.2) is 54.6 Å². The summed E-state index contributed by atoms with van der Waals surface area (Å²) < 4.78 is 0. The predicted molar refractivity (Wildman–Crippen MR) is 105 cm³/mol. The van der Waals surface area contributed by atoms with Crippen molar-refractivity contribution < 1.29 is 9.59 Å². The van der Waals surface area contributed by atoms with Gasteiger partial charge in [-0.05, 0) is 50.1 Å². The highest BCUT2D eigenvalue weighted by Crippen LogP contribution is 2.24. The van der Waals surface area contributed by atoms with Gasteiger partial charge in [0.1, 0.15) is 0 Å². The van der Waals surface area contributed by atoms with E-state index in [1.807, 2.05) is 47.1 Å². The number of hydrogen-bond donors (Lipinski definition) is 0. The third-order valence-electron chi connectivity index (χ3n) is 4.85. The first kappa shape index (κ1) is 18.5. The summed E-state index contributed by atoms with van der Waals surface area (Å²) in [5.41, 5.74) is 1.53. The minimum atomic E-state index is -0.0430. The molecule has 1 saturated heterocycles. The van der Waals surface area contributed by atoms with Crippen LogP contribution in [0.5, 0.6) is 0 Å². The molecule has 0 unspecified atom stereocenters. The van der Waals surface area contributed by atoms with E-state index in [4.69, 9.17) is 11.6 Å². The van der Waals surface area contributed by atoms with E-state index in [-0.39, 0.29) is 17.7 Å². The number of piperidine rings is 1. The molecule has 1 heterocycles. The van der Waals surface area contributed by atoms with Gasteiger partial charge in [0.2, 0.25) is 5.91 Å². The van der Waals surface area contributed by atoms with Crippen molar-refractivity contribution in [1.82, 2.24) is 4.90 Å². The van der Waals surface area contributed by atoms with Crippen molar-refractivity contribution in [3.63, 3.8) is 0 Å². The molecule has 4 nitrogen and oxygen atoms in total. The van der Waals surface area contributed by atoms with Crippen molar-refractivity contribution in [2.24, 2.45) is 5.92 Å². The first-order valence-corrected chi connectivity index (χ1v) is 9.39. The van der Waals surface area contributed by atoms with E-state index in [0.717, 1.165) is 5.69 Å². The molecule has 2 amide bonds. The first-order chi connectivity index (χ1) is 12.6. The molecule has 1 aliphatic heterocycles. The Balaban J connectivity index is 1.62. The lowest BCUT2D eigenvalue weighted by Gasteiger charge is -2.34. The van der Waals surface area contributed by atoms with Crippen molar-refractivity contribution in [2.45, 2.75) is 19.8 Å². The van der Waals surface area contributed by atoms with E-state index >= 15 is 0 Å². The second-order valence-electron chi connectivity index (χ2n) is 6.49. The second kappa shape index (κ2) is 8.37. The summed E-state index contributed by atoms with van der Waals surface area (Å²) in [7, 11) is 0. The molecule has 2 aromatic rings. The van der Waals surface area contributed by atoms with Crippen LogP contribution in [0.4, 0.5) is 5.69 Å². The highest BCUT2D eigenvalue weighted by Gasteiger charge is 2.30. The third kappa shape index (κ3) is 4.07. The molecule has 3 rings (SSSR count). The van der Waals surface area contributed by atoms with Crippen LogP contribution >= 0.6 is 11.6 Å². The lowest BCUT2D eigenvalue weighted by molar-refractivity contribution is -0.123. The summed E-state index contributed by atoms with van der Waals surface area (Å²) in [5, 5.41) is 0.558. The molecule has 136 valence electrons. The number of halogens is 1. The van der Waals surface area contributed by atoms with Crippen molar-refractivity contribution >= 4 is 29.1 Å². The van der Waals surface area contributed by atoms with E-state index in [1.54, 1.807) is 24.3 Å². The maximum absolute atomic E-state index is 12.9. The monoisotopic (exact) mass is 370 g/mol. The average Bonchev–Trinajstić information content (AvgIpc) is 2.69. The van der Waals surface area contributed by atoms with Gasteiger partial charge >= 0.3 is 0 Å². The molecule has 0 spiro atoms. The summed E-state index contributed by atoms with van der Waals surface area (Å²) >= 11 is 5.98. The molecular formula is C21H23ClN2O2. The van der Waals surface area contributed by atoms with Crippen LogP contribution in [0.3, 0.4) is 0 Å². The maximum Gasteiger partial charge on any atom is 0.253 e. The number of rotatable bonds is 4. The van der Waals surface area contributed by atoms with Crippen LogP contribution < -0.4 is 4.90 Å². The zero-order valence-corrected chi connectivity index (χ0v) is 15.7. The number of para-hydroxylation sites is 1. The van der Waals surface area contributed by atoms with Gasteiger partial charge in [-0.3, -0.25) is 9.59 Å². The number of anilines is 1. The fourth-order valence-electron chi connectivity index (χ4n) is 3.43. The minimum absolute atomic E-state index is 0.0196. The zero-order valence-electron chi connectivity index (χ0n) is 14.9. The summed E-state index contributed by atoms with van der Waals surface area (Å²) in [6.45, 7) is 3.81. The Hall–Kier alpha value is -2.33. The van der Waals surface area contributed by atoms with Gasteiger partial charge in [-0.15, -0.1) is 0 Å². The summed E-state index contributed by atoms with van der Waals surface area (Å²) in [6.07, 6.45) is 1.38. The molecule has 0 aliphatic carbocycles. The minimum Gasteiger partial charge on any atom is -0.339 e. The third-order valence-corrected chi connectivity index (χ3v) is 5.09. The van der Waals surface area contributed by atoms with E-state index < -0.39 is 0 Å². The van der Waals surface area contributed by atoms with E-state index in [1.165, 1.54) is 0 Å². The van der Waals surface area contributed by atoms with E-state index in [0.29, 0.717) is 43.1 Å². The summed E-state index contributed by atoms with van der Waals surface area (Å²) in [4.78, 5) is 29.2. The molecule has 26 heavy (non-hydrogen) atoms. The van der Waals surface area contributed by atoms with Crippen molar-refractivity contribution in [1.29, 1.82) is 0 Å². The smallest absolute Gasteiger partial charge is 0.253 e. The Morgan fingerprint density at radius 3 is 2.38 bits per heavy atom. The van der Waals surface area contributed by atoms with E-state index in [9.17, 15) is 9.59 Å². The zero-order chi connectivity index (χ0) is 18.5. The Morgan fingerprint density at radius 1 is 1.08 bits per heavy atom. The van der Waals surface area contributed by atoms with Crippen LogP contribution in [-0.4, -0.2) is 36.3 Å². The molecule has 1 aliphatic rings. The van der Waals surface area contributed by atoms with Crippen LogP contribution in [0.1, 0.15) is 30.1 Å². The quantitative estimate of drug-likeness (QED) is 0.807. The largest absolute Gasteiger partial charge is 0.339 e. The predicted octanol–water partition coefficient (Wildman–Crippen LogP) is 4.25. The van der Waals surface area contributed by atoms with Gasteiger partial charge in [0.25, 0.3) is 5.91 Å². The van der Waals surface area contributed by atoms with Crippen LogP contribution in [0.2, 0.25) is 5.02 Å². The van der Waals surface area contributed by atoms with Crippen molar-refractivity contribution in [2.75, 3.05) is 24.5 Å². The number of carbonyl (C=O) groups is 2. The van der Waals surface area contributed by atoms with Crippen LogP contribution in [-0.2, 0) is 4.79 Å². The van der Waals surface area contributed by atoms with Gasteiger partial charge in [-0.1, -0.05) is 35.9 Å². The Kier molecular flexibility index (Phi) is 5.94. The molecule has 0 bridgehead atoms. The average molecular weight is 371 g/mol. The standard InChI is InChI=1S/C21H23ClN2O2/c1-2-24(19-9-4-3-5-10-19)21(26)16-11-13-23(14-12-16)20(25)17-7-6-8-18(22)15-17/h3-10,15-16H,2,11-14H2,1H3. The molecule has 1 fully saturated rings. The fourth-order valence-corrected chi connectivity index (χ4v) is 3.62. The Morgan fingerprint density at radius 2 is 1.77 bits per heavy atom. The number of benzene rings is 2.